The SMILES string of the molecule is CN(C)CCCCC(=O)Cc1ccc(NC(=S)NC(=O)c2cccc(Cl)c2)cc1.Cl. The lowest BCUT2D eigenvalue weighted by Gasteiger charge is -2.10. The fourth-order valence-electron chi connectivity index (χ4n) is 2.74. The third kappa shape index (κ3) is 9.67. The Morgan fingerprint density at radius 3 is 2.40 bits per heavy atom. The molecule has 1 amide bonds. The third-order valence-corrected chi connectivity index (χ3v) is 4.68. The van der Waals surface area contributed by atoms with Crippen molar-refractivity contribution < 1.29 is 9.59 Å². The van der Waals surface area contributed by atoms with E-state index in [1.807, 2.05) is 38.4 Å². The number of benzene rings is 2. The van der Waals surface area contributed by atoms with Crippen molar-refractivity contribution >= 4 is 58.7 Å². The predicted molar refractivity (Wildman–Crippen MR) is 130 cm³/mol. The Hall–Kier alpha value is -1.99. The molecule has 0 aliphatic carbocycles. The van der Waals surface area contributed by atoms with Gasteiger partial charge in [0.25, 0.3) is 5.91 Å². The van der Waals surface area contributed by atoms with Crippen molar-refractivity contribution in [3.8, 4) is 0 Å². The molecule has 0 fully saturated rings. The van der Waals surface area contributed by atoms with Gasteiger partial charge in [-0.15, -0.1) is 12.4 Å². The fraction of sp³-hybridized carbons (Fsp3) is 0.318. The second kappa shape index (κ2) is 13.3. The van der Waals surface area contributed by atoms with Crippen LogP contribution >= 0.6 is 36.2 Å². The Morgan fingerprint density at radius 2 is 1.77 bits per heavy atom. The summed E-state index contributed by atoms with van der Waals surface area (Å²) in [6.07, 6.45) is 2.98. The maximum absolute atomic E-state index is 12.2. The van der Waals surface area contributed by atoms with Crippen molar-refractivity contribution in [3.05, 3.63) is 64.7 Å². The van der Waals surface area contributed by atoms with E-state index >= 15 is 0 Å². The molecule has 2 aromatic carbocycles. The van der Waals surface area contributed by atoms with Crippen LogP contribution in [0.1, 0.15) is 35.2 Å². The minimum atomic E-state index is -0.332. The molecule has 2 aromatic rings. The van der Waals surface area contributed by atoms with Gasteiger partial charge >= 0.3 is 0 Å². The summed E-state index contributed by atoms with van der Waals surface area (Å²) in [6.45, 7) is 1.00. The number of Topliss-reactive ketones (excluding diaryl/α,β-unsaturated/α-hetero) is 1. The summed E-state index contributed by atoms with van der Waals surface area (Å²) in [6, 6.07) is 14.1. The van der Waals surface area contributed by atoms with Crippen LogP contribution in [0.15, 0.2) is 48.5 Å². The smallest absolute Gasteiger partial charge is 0.257 e. The highest BCUT2D eigenvalue weighted by Crippen LogP contribution is 2.13. The number of nitrogens with one attached hydrogen (secondary N) is 2. The van der Waals surface area contributed by atoms with E-state index in [-0.39, 0.29) is 29.2 Å². The van der Waals surface area contributed by atoms with Gasteiger partial charge in [0.1, 0.15) is 5.78 Å². The first-order valence-corrected chi connectivity index (χ1v) is 10.3. The van der Waals surface area contributed by atoms with Gasteiger partial charge in [0.2, 0.25) is 0 Å². The van der Waals surface area contributed by atoms with Crippen LogP contribution in [0, 0.1) is 0 Å². The van der Waals surface area contributed by atoms with Gasteiger partial charge < -0.3 is 10.2 Å². The van der Waals surface area contributed by atoms with Crippen molar-refractivity contribution in [2.24, 2.45) is 0 Å². The molecule has 8 heteroatoms. The molecule has 0 aliphatic rings. The summed E-state index contributed by atoms with van der Waals surface area (Å²) >= 11 is 11.1. The summed E-state index contributed by atoms with van der Waals surface area (Å²) < 4.78 is 0. The first kappa shape index (κ1) is 26.0. The normalized spacial score (nSPS) is 10.3. The topological polar surface area (TPSA) is 61.4 Å². The number of hydrogen-bond donors (Lipinski definition) is 2. The molecule has 0 aromatic heterocycles. The number of hydrogen-bond acceptors (Lipinski definition) is 4. The zero-order valence-electron chi connectivity index (χ0n) is 17.1. The number of amides is 1. The Bertz CT molecular complexity index is 858. The number of carbonyl (C=O) groups is 2. The summed E-state index contributed by atoms with van der Waals surface area (Å²) in [5, 5.41) is 6.27. The standard InChI is InChI=1S/C22H26ClN3O2S.ClH/c1-26(2)13-4-3-8-20(27)14-16-9-11-19(12-10-16)24-22(29)25-21(28)17-6-5-7-18(23)15-17;/h5-7,9-12,15H,3-4,8,13-14H2,1-2H3,(H2,24,25,28,29);1H. The van der Waals surface area contributed by atoms with Gasteiger partial charge in [-0.3, -0.25) is 14.9 Å². The molecule has 0 bridgehead atoms. The van der Waals surface area contributed by atoms with Gasteiger partial charge in [0.05, 0.1) is 0 Å². The molecule has 162 valence electrons. The van der Waals surface area contributed by atoms with E-state index in [1.165, 1.54) is 0 Å². The van der Waals surface area contributed by atoms with Crippen LogP contribution in [0.25, 0.3) is 0 Å². The maximum atomic E-state index is 12.2. The van der Waals surface area contributed by atoms with Crippen molar-refractivity contribution in [2.45, 2.75) is 25.7 Å². The van der Waals surface area contributed by atoms with Gasteiger partial charge in [-0.1, -0.05) is 29.8 Å². The lowest BCUT2D eigenvalue weighted by molar-refractivity contribution is -0.118. The number of halogens is 2. The van der Waals surface area contributed by atoms with Crippen LogP contribution in [-0.4, -0.2) is 42.3 Å². The first-order chi connectivity index (χ1) is 13.8. The summed E-state index contributed by atoms with van der Waals surface area (Å²) in [7, 11) is 4.07. The number of rotatable bonds is 9. The second-order valence-electron chi connectivity index (χ2n) is 7.09. The van der Waals surface area contributed by atoms with Crippen molar-refractivity contribution in [3.63, 3.8) is 0 Å². The van der Waals surface area contributed by atoms with Crippen LogP contribution in [0.4, 0.5) is 5.69 Å². The van der Waals surface area contributed by atoms with E-state index in [2.05, 4.69) is 15.5 Å². The van der Waals surface area contributed by atoms with E-state index in [1.54, 1.807) is 24.3 Å². The number of anilines is 1. The van der Waals surface area contributed by atoms with Gasteiger partial charge in [-0.2, -0.15) is 0 Å². The highest BCUT2D eigenvalue weighted by atomic mass is 35.5. The quantitative estimate of drug-likeness (QED) is 0.412. The average Bonchev–Trinajstić information content (AvgIpc) is 2.66. The first-order valence-electron chi connectivity index (χ1n) is 9.47. The van der Waals surface area contributed by atoms with Crippen LogP contribution in [0.5, 0.6) is 0 Å². The molecular weight excluding hydrogens is 441 g/mol. The average molecular weight is 468 g/mol. The lowest BCUT2D eigenvalue weighted by Crippen LogP contribution is -2.34. The largest absolute Gasteiger partial charge is 0.332 e. The second-order valence-corrected chi connectivity index (χ2v) is 7.94. The summed E-state index contributed by atoms with van der Waals surface area (Å²) in [5.74, 6) is -0.0877. The van der Waals surface area contributed by atoms with Crippen LogP contribution < -0.4 is 10.6 Å². The Balaban J connectivity index is 0.00000450. The third-order valence-electron chi connectivity index (χ3n) is 4.24. The van der Waals surface area contributed by atoms with Crippen LogP contribution in [0.3, 0.4) is 0 Å². The zero-order valence-corrected chi connectivity index (χ0v) is 19.5. The maximum Gasteiger partial charge on any atom is 0.257 e. The van der Waals surface area contributed by atoms with Gasteiger partial charge in [0, 0.05) is 29.1 Å². The Labute approximate surface area is 194 Å². The molecule has 2 rings (SSSR count). The van der Waals surface area contributed by atoms with Crippen molar-refractivity contribution in [1.82, 2.24) is 10.2 Å². The molecule has 0 unspecified atom stereocenters. The van der Waals surface area contributed by atoms with Crippen LogP contribution in [-0.2, 0) is 11.2 Å². The van der Waals surface area contributed by atoms with E-state index in [0.29, 0.717) is 23.4 Å². The van der Waals surface area contributed by atoms with Crippen LogP contribution in [0.2, 0.25) is 5.02 Å². The molecule has 2 N–H and O–H groups in total. The van der Waals surface area contributed by atoms with E-state index < -0.39 is 0 Å². The van der Waals surface area contributed by atoms with Crippen molar-refractivity contribution in [2.75, 3.05) is 26.0 Å². The molecule has 0 spiro atoms. The number of unbranched alkanes of at least 4 members (excludes halogenated alkanes) is 1. The molecular formula is C22H27Cl2N3O2S. The molecule has 5 nitrogen and oxygen atoms in total. The van der Waals surface area contributed by atoms with Gasteiger partial charge in [-0.25, -0.2) is 0 Å². The zero-order chi connectivity index (χ0) is 21.2. The molecule has 0 aliphatic heterocycles. The molecule has 0 saturated heterocycles. The number of ketones is 1. The van der Waals surface area contributed by atoms with E-state index in [0.717, 1.165) is 30.6 Å². The number of nitrogens with zero attached hydrogens (tertiary/aromatic N) is 1. The van der Waals surface area contributed by atoms with E-state index in [4.69, 9.17) is 23.8 Å². The number of thiocarbonyl (C=S) groups is 1. The number of carbonyl (C=O) groups excluding carboxylic acids is 2. The molecule has 0 atom stereocenters. The van der Waals surface area contributed by atoms with Crippen molar-refractivity contribution in [1.29, 1.82) is 0 Å². The summed E-state index contributed by atoms with van der Waals surface area (Å²) in [4.78, 5) is 26.4. The fourth-order valence-corrected chi connectivity index (χ4v) is 3.14. The summed E-state index contributed by atoms with van der Waals surface area (Å²) in [5.41, 5.74) is 2.13. The van der Waals surface area contributed by atoms with Gasteiger partial charge in [-0.05, 0) is 81.6 Å². The molecule has 0 saturated carbocycles. The Kier molecular flexibility index (Phi) is 11.6. The Morgan fingerprint density at radius 1 is 1.07 bits per heavy atom. The highest BCUT2D eigenvalue weighted by molar-refractivity contribution is 7.80. The monoisotopic (exact) mass is 467 g/mol. The minimum Gasteiger partial charge on any atom is -0.332 e. The van der Waals surface area contributed by atoms with E-state index in [9.17, 15) is 9.59 Å². The van der Waals surface area contributed by atoms with Gasteiger partial charge in [0.15, 0.2) is 5.11 Å². The molecule has 0 radical (unpaired) electrons. The lowest BCUT2D eigenvalue weighted by atomic mass is 10.0. The molecule has 30 heavy (non-hydrogen) atoms. The minimum absolute atomic E-state index is 0. The highest BCUT2D eigenvalue weighted by Gasteiger charge is 2.09. The predicted octanol–water partition coefficient (Wildman–Crippen LogP) is 4.73. The molecule has 0 heterocycles.